The number of hydrogen-bond donors (Lipinski definition) is 0. The minimum atomic E-state index is -4.16. The predicted octanol–water partition coefficient (Wildman–Crippen LogP) is 5.93. The van der Waals surface area contributed by atoms with Gasteiger partial charge in [-0.3, -0.25) is 14.6 Å². The zero-order valence-corrected chi connectivity index (χ0v) is 20.6. The standard InChI is InChI=1S/C27H34F3N3O2/c1-3-24(34)32-17-26(18-32)21-12-5-7-14-23(21)33(25(26)35)16-20(11-8-9-15-27(28,29)30)31-22-13-6-4-10-19(22)2/h5,7,12,14H,3-4,6,8-11,13,15-18H2,1-2H3/b31-20+. The van der Waals surface area contributed by atoms with E-state index in [9.17, 15) is 22.8 Å². The number of para-hydroxylation sites is 1. The van der Waals surface area contributed by atoms with Crippen molar-refractivity contribution < 1.29 is 22.8 Å². The van der Waals surface area contributed by atoms with Crippen molar-refractivity contribution in [2.45, 2.75) is 83.2 Å². The molecular weight excluding hydrogens is 455 g/mol. The van der Waals surface area contributed by atoms with Crippen LogP contribution in [0.3, 0.4) is 0 Å². The molecule has 1 aromatic carbocycles. The lowest BCUT2D eigenvalue weighted by atomic mass is 9.74. The van der Waals surface area contributed by atoms with Crippen LogP contribution in [0.5, 0.6) is 0 Å². The highest BCUT2D eigenvalue weighted by atomic mass is 19.4. The number of likely N-dealkylation sites (tertiary alicyclic amines) is 1. The van der Waals surface area contributed by atoms with Crippen molar-refractivity contribution in [1.29, 1.82) is 0 Å². The van der Waals surface area contributed by atoms with Crippen molar-refractivity contribution in [3.05, 3.63) is 41.1 Å². The van der Waals surface area contributed by atoms with Crippen LogP contribution in [0.25, 0.3) is 0 Å². The minimum absolute atomic E-state index is 0.0333. The van der Waals surface area contributed by atoms with Crippen molar-refractivity contribution >= 4 is 23.2 Å². The zero-order valence-electron chi connectivity index (χ0n) is 20.6. The molecule has 4 rings (SSSR count). The fraction of sp³-hybridized carbons (Fsp3) is 0.593. The molecule has 3 aliphatic rings. The first-order chi connectivity index (χ1) is 16.6. The highest BCUT2D eigenvalue weighted by Crippen LogP contribution is 2.47. The third-order valence-electron chi connectivity index (χ3n) is 7.46. The molecule has 0 atom stereocenters. The number of amides is 2. The van der Waals surface area contributed by atoms with Gasteiger partial charge in [0.15, 0.2) is 0 Å². The molecule has 1 spiro atoms. The summed E-state index contributed by atoms with van der Waals surface area (Å²) < 4.78 is 38.0. The van der Waals surface area contributed by atoms with Gasteiger partial charge in [0, 0.05) is 43.0 Å². The number of carbonyl (C=O) groups is 2. The van der Waals surface area contributed by atoms with Crippen LogP contribution in [-0.4, -0.2) is 48.2 Å². The van der Waals surface area contributed by atoms with E-state index in [2.05, 4.69) is 6.92 Å². The number of alkyl halides is 3. The number of carbonyl (C=O) groups excluding carboxylic acids is 2. The van der Waals surface area contributed by atoms with E-state index >= 15 is 0 Å². The molecule has 35 heavy (non-hydrogen) atoms. The van der Waals surface area contributed by atoms with E-state index in [-0.39, 0.29) is 24.8 Å². The van der Waals surface area contributed by atoms with Gasteiger partial charge in [0.2, 0.25) is 11.8 Å². The molecule has 1 fully saturated rings. The van der Waals surface area contributed by atoms with Gasteiger partial charge in [-0.2, -0.15) is 13.2 Å². The fourth-order valence-electron chi connectivity index (χ4n) is 5.45. The summed E-state index contributed by atoms with van der Waals surface area (Å²) in [5.41, 5.74) is 4.00. The molecule has 5 nitrogen and oxygen atoms in total. The van der Waals surface area contributed by atoms with Gasteiger partial charge in [-0.25, -0.2) is 0 Å². The highest BCUT2D eigenvalue weighted by Gasteiger charge is 2.58. The Hall–Kier alpha value is -2.64. The molecule has 2 amide bonds. The minimum Gasteiger partial charge on any atom is -0.340 e. The Morgan fingerprint density at radius 3 is 2.51 bits per heavy atom. The van der Waals surface area contributed by atoms with Crippen LogP contribution in [0.2, 0.25) is 0 Å². The number of anilines is 1. The molecule has 1 aromatic rings. The summed E-state index contributed by atoms with van der Waals surface area (Å²) in [6.45, 7) is 4.89. The average molecular weight is 490 g/mol. The van der Waals surface area contributed by atoms with E-state index < -0.39 is 18.0 Å². The van der Waals surface area contributed by atoms with E-state index in [0.29, 0.717) is 32.4 Å². The normalized spacial score (nSPS) is 19.9. The second kappa shape index (κ2) is 10.2. The topological polar surface area (TPSA) is 53.0 Å². The lowest BCUT2D eigenvalue weighted by Gasteiger charge is -2.46. The van der Waals surface area contributed by atoms with Crippen LogP contribution in [-0.2, 0) is 15.0 Å². The Labute approximate surface area is 205 Å². The van der Waals surface area contributed by atoms with Gasteiger partial charge in [0.1, 0.15) is 5.41 Å². The van der Waals surface area contributed by atoms with Gasteiger partial charge in [0.25, 0.3) is 0 Å². The second-order valence-corrected chi connectivity index (χ2v) is 10.0. The molecule has 1 saturated heterocycles. The maximum atomic E-state index is 13.7. The number of allylic oxidation sites excluding steroid dienone is 2. The first kappa shape index (κ1) is 25.5. The van der Waals surface area contributed by atoms with E-state index in [4.69, 9.17) is 4.99 Å². The van der Waals surface area contributed by atoms with Crippen molar-refractivity contribution in [3.63, 3.8) is 0 Å². The Morgan fingerprint density at radius 1 is 1.11 bits per heavy atom. The Kier molecular flexibility index (Phi) is 7.38. The Balaban J connectivity index is 1.57. The number of hydrogen-bond acceptors (Lipinski definition) is 3. The molecule has 0 radical (unpaired) electrons. The van der Waals surface area contributed by atoms with E-state index in [0.717, 1.165) is 48.3 Å². The summed E-state index contributed by atoms with van der Waals surface area (Å²) in [5, 5.41) is 0. The molecule has 2 aliphatic heterocycles. The largest absolute Gasteiger partial charge is 0.389 e. The molecule has 0 saturated carbocycles. The summed E-state index contributed by atoms with van der Waals surface area (Å²) in [6, 6.07) is 7.66. The average Bonchev–Trinajstić information content (AvgIpc) is 3.04. The first-order valence-corrected chi connectivity index (χ1v) is 12.7. The Morgan fingerprint density at radius 2 is 1.83 bits per heavy atom. The third-order valence-corrected chi connectivity index (χ3v) is 7.46. The maximum absolute atomic E-state index is 13.7. The van der Waals surface area contributed by atoms with Crippen molar-refractivity contribution in [3.8, 4) is 0 Å². The molecule has 0 unspecified atom stereocenters. The molecular formula is C27H34F3N3O2. The van der Waals surface area contributed by atoms with Crippen LogP contribution in [0.15, 0.2) is 40.5 Å². The SMILES string of the molecule is CCC(=O)N1CC2(C1)C(=O)N(C/C(CCCCC(F)(F)F)=N/C1=C(C)CCCC1)c1ccccc12. The number of aliphatic imine (C=N–C) groups is 1. The summed E-state index contributed by atoms with van der Waals surface area (Å²) >= 11 is 0. The number of halogens is 3. The quantitative estimate of drug-likeness (QED) is 0.335. The predicted molar refractivity (Wildman–Crippen MR) is 130 cm³/mol. The first-order valence-electron chi connectivity index (χ1n) is 12.7. The Bertz CT molecular complexity index is 1040. The van der Waals surface area contributed by atoms with Crippen LogP contribution in [0, 0.1) is 0 Å². The van der Waals surface area contributed by atoms with Crippen LogP contribution >= 0.6 is 0 Å². The molecule has 2 heterocycles. The third kappa shape index (κ3) is 5.31. The van der Waals surface area contributed by atoms with Crippen molar-refractivity contribution in [2.75, 3.05) is 24.5 Å². The summed E-state index contributed by atoms with van der Waals surface area (Å²) in [5.74, 6) is -0.0119. The number of fused-ring (bicyclic) bond motifs is 2. The molecule has 1 aliphatic carbocycles. The van der Waals surface area contributed by atoms with Gasteiger partial charge in [0.05, 0.1) is 6.54 Å². The van der Waals surface area contributed by atoms with E-state index in [1.54, 1.807) is 9.80 Å². The van der Waals surface area contributed by atoms with Crippen molar-refractivity contribution in [2.24, 2.45) is 4.99 Å². The monoisotopic (exact) mass is 489 g/mol. The highest BCUT2D eigenvalue weighted by molar-refractivity contribution is 6.13. The molecule has 0 aromatic heterocycles. The van der Waals surface area contributed by atoms with Crippen LogP contribution < -0.4 is 4.90 Å². The second-order valence-electron chi connectivity index (χ2n) is 10.0. The number of rotatable bonds is 8. The smallest absolute Gasteiger partial charge is 0.340 e. The lowest BCUT2D eigenvalue weighted by molar-refractivity contribution is -0.143. The van der Waals surface area contributed by atoms with Gasteiger partial charge < -0.3 is 9.80 Å². The lowest BCUT2D eigenvalue weighted by Crippen LogP contribution is -2.65. The molecule has 0 bridgehead atoms. The molecule has 8 heteroatoms. The van der Waals surface area contributed by atoms with E-state index in [1.165, 1.54) is 5.57 Å². The number of benzene rings is 1. The van der Waals surface area contributed by atoms with Gasteiger partial charge in [-0.15, -0.1) is 0 Å². The van der Waals surface area contributed by atoms with Crippen LogP contribution in [0.4, 0.5) is 18.9 Å². The van der Waals surface area contributed by atoms with Crippen LogP contribution in [0.1, 0.15) is 77.2 Å². The summed E-state index contributed by atoms with van der Waals surface area (Å²) in [4.78, 5) is 34.3. The molecule has 190 valence electrons. The number of nitrogens with zero attached hydrogens (tertiary/aromatic N) is 3. The summed E-state index contributed by atoms with van der Waals surface area (Å²) in [7, 11) is 0. The zero-order chi connectivity index (χ0) is 25.2. The fourth-order valence-corrected chi connectivity index (χ4v) is 5.45. The van der Waals surface area contributed by atoms with Crippen molar-refractivity contribution in [1.82, 2.24) is 4.90 Å². The number of unbranched alkanes of at least 4 members (excludes halogenated alkanes) is 1. The van der Waals surface area contributed by atoms with Gasteiger partial charge in [-0.05, 0) is 63.5 Å². The summed E-state index contributed by atoms with van der Waals surface area (Å²) in [6.07, 6.45) is 0.287. The van der Waals surface area contributed by atoms with Gasteiger partial charge >= 0.3 is 6.18 Å². The van der Waals surface area contributed by atoms with Gasteiger partial charge in [-0.1, -0.05) is 30.7 Å². The molecule has 0 N–H and O–H groups in total. The van der Waals surface area contributed by atoms with E-state index in [1.807, 2.05) is 31.2 Å². The maximum Gasteiger partial charge on any atom is 0.389 e.